The lowest BCUT2D eigenvalue weighted by molar-refractivity contribution is 0.00604. The van der Waals surface area contributed by atoms with Crippen molar-refractivity contribution < 1.29 is 42.2 Å². The highest BCUT2D eigenvalue weighted by molar-refractivity contribution is 6.88. The maximum Gasteiger partial charge on any atom is 0.315 e. The SMILES string of the molecule is C[SiH](C)O[Si](C)(CCCOCC(O)CO)O[Si](C)(CCCOCC(O)CO)O[Si](C)(C)C. The molecule has 13 heteroatoms. The van der Waals surface area contributed by atoms with E-state index in [-0.39, 0.29) is 26.4 Å². The maximum atomic E-state index is 9.42. The Labute approximate surface area is 199 Å². The Morgan fingerprint density at radius 3 is 1.53 bits per heavy atom. The molecule has 0 spiro atoms. The van der Waals surface area contributed by atoms with Gasteiger partial charge < -0.3 is 42.2 Å². The summed E-state index contributed by atoms with van der Waals surface area (Å²) in [4.78, 5) is 0. The number of aliphatic hydroxyl groups excluding tert-OH is 4. The fourth-order valence-corrected chi connectivity index (χ4v) is 20.7. The van der Waals surface area contributed by atoms with E-state index in [0.717, 1.165) is 24.9 Å². The third-order valence-electron chi connectivity index (χ3n) is 4.32. The third kappa shape index (κ3) is 17.0. The van der Waals surface area contributed by atoms with Gasteiger partial charge in [0.1, 0.15) is 12.2 Å². The van der Waals surface area contributed by atoms with Gasteiger partial charge in [-0.3, -0.25) is 0 Å². The maximum absolute atomic E-state index is 9.42. The molecule has 9 nitrogen and oxygen atoms in total. The zero-order chi connectivity index (χ0) is 24.8. The minimum absolute atomic E-state index is 0.115. The Kier molecular flexibility index (Phi) is 16.5. The van der Waals surface area contributed by atoms with Gasteiger partial charge in [-0.1, -0.05) is 0 Å². The van der Waals surface area contributed by atoms with Crippen LogP contribution in [0.2, 0.25) is 57.9 Å². The highest BCUT2D eigenvalue weighted by atomic mass is 28.5. The van der Waals surface area contributed by atoms with E-state index in [9.17, 15) is 10.2 Å². The van der Waals surface area contributed by atoms with E-state index in [2.05, 4.69) is 45.8 Å². The predicted molar refractivity (Wildman–Crippen MR) is 135 cm³/mol. The second kappa shape index (κ2) is 16.2. The lowest BCUT2D eigenvalue weighted by Crippen LogP contribution is -2.56. The first-order chi connectivity index (χ1) is 14.7. The largest absolute Gasteiger partial charge is 0.439 e. The summed E-state index contributed by atoms with van der Waals surface area (Å²) >= 11 is 0. The first kappa shape index (κ1) is 32.5. The summed E-state index contributed by atoms with van der Waals surface area (Å²) in [5.41, 5.74) is 0. The number of hydrogen-bond donors (Lipinski definition) is 4. The molecule has 0 bridgehead atoms. The molecule has 32 heavy (non-hydrogen) atoms. The van der Waals surface area contributed by atoms with Gasteiger partial charge in [0.15, 0.2) is 17.4 Å². The summed E-state index contributed by atoms with van der Waals surface area (Å²) in [6.45, 7) is 15.5. The van der Waals surface area contributed by atoms with E-state index in [1.807, 2.05) is 0 Å². The van der Waals surface area contributed by atoms with Crippen LogP contribution in [-0.2, 0) is 21.8 Å². The lowest BCUT2D eigenvalue weighted by Gasteiger charge is -2.41. The minimum atomic E-state index is -2.55. The Bertz CT molecular complexity index is 484. The summed E-state index contributed by atoms with van der Waals surface area (Å²) in [6.07, 6.45) is -0.205. The van der Waals surface area contributed by atoms with Gasteiger partial charge in [0.2, 0.25) is 0 Å². The molecule has 0 saturated carbocycles. The van der Waals surface area contributed by atoms with Gasteiger partial charge in [0.05, 0.1) is 26.4 Å². The molecule has 194 valence electrons. The fraction of sp³-hybridized carbons (Fsp3) is 1.00. The molecule has 4 atom stereocenters. The zero-order valence-corrected chi connectivity index (χ0v) is 25.3. The average molecular weight is 533 g/mol. The van der Waals surface area contributed by atoms with Crippen molar-refractivity contribution in [3.8, 4) is 0 Å². The highest BCUT2D eigenvalue weighted by Gasteiger charge is 2.45. The van der Waals surface area contributed by atoms with Crippen molar-refractivity contribution in [2.24, 2.45) is 0 Å². The van der Waals surface area contributed by atoms with Crippen molar-refractivity contribution in [3.63, 3.8) is 0 Å². The molecule has 0 aliphatic heterocycles. The van der Waals surface area contributed by atoms with E-state index >= 15 is 0 Å². The molecule has 0 saturated heterocycles. The summed E-state index contributed by atoms with van der Waals surface area (Å²) in [5.74, 6) is 0. The second-order valence-electron chi connectivity index (χ2n) is 9.78. The van der Waals surface area contributed by atoms with Crippen molar-refractivity contribution in [1.82, 2.24) is 0 Å². The van der Waals surface area contributed by atoms with Crippen LogP contribution >= 0.6 is 0 Å². The topological polar surface area (TPSA) is 127 Å². The molecule has 0 radical (unpaired) electrons. The molecule has 0 aliphatic carbocycles. The smallest absolute Gasteiger partial charge is 0.315 e. The number of rotatable bonds is 20. The third-order valence-corrected chi connectivity index (χ3v) is 18.4. The van der Waals surface area contributed by atoms with Crippen LogP contribution < -0.4 is 0 Å². The van der Waals surface area contributed by atoms with Gasteiger partial charge >= 0.3 is 17.1 Å². The van der Waals surface area contributed by atoms with Gasteiger partial charge in [-0.15, -0.1) is 0 Å². The molecule has 0 heterocycles. The van der Waals surface area contributed by atoms with E-state index in [1.54, 1.807) is 0 Å². The van der Waals surface area contributed by atoms with Crippen LogP contribution in [0.5, 0.6) is 0 Å². The Hall–Kier alpha value is 0.508. The van der Waals surface area contributed by atoms with Crippen LogP contribution in [0.4, 0.5) is 0 Å². The number of aliphatic hydroxyl groups is 4. The molecule has 4 unspecified atom stereocenters. The molecule has 0 rings (SSSR count). The second-order valence-corrected chi connectivity index (χ2v) is 24.2. The van der Waals surface area contributed by atoms with Crippen LogP contribution in [0.15, 0.2) is 0 Å². The summed E-state index contributed by atoms with van der Waals surface area (Å²) in [7, 11) is -8.27. The van der Waals surface area contributed by atoms with E-state index in [4.69, 9.17) is 32.0 Å². The average Bonchev–Trinajstić information content (AvgIpc) is 2.64. The molecule has 0 aromatic carbocycles. The van der Waals surface area contributed by atoms with Gasteiger partial charge in [0, 0.05) is 13.2 Å². The van der Waals surface area contributed by atoms with Crippen LogP contribution in [0.3, 0.4) is 0 Å². The van der Waals surface area contributed by atoms with Crippen LogP contribution in [0.25, 0.3) is 0 Å². The fourth-order valence-electron chi connectivity index (χ4n) is 3.39. The molecular formula is C19H48O9Si4. The standard InChI is InChI=1S/C19H48O9Si4/c1-29(2)26-31(6,12-8-10-24-16-18(22)14-20)28-32(7,27-30(3,4)5)13-9-11-25-17-19(23)15-21/h18-23,29H,8-17H2,1-7H3. The Balaban J connectivity index is 5.03. The van der Waals surface area contributed by atoms with E-state index < -0.39 is 46.7 Å². The van der Waals surface area contributed by atoms with E-state index in [0.29, 0.717) is 13.2 Å². The van der Waals surface area contributed by atoms with Crippen molar-refractivity contribution >= 4 is 34.5 Å². The normalized spacial score (nSPS) is 18.4. The molecule has 0 amide bonds. The van der Waals surface area contributed by atoms with Crippen molar-refractivity contribution in [2.45, 2.75) is 83.0 Å². The van der Waals surface area contributed by atoms with Crippen molar-refractivity contribution in [2.75, 3.05) is 39.6 Å². The van der Waals surface area contributed by atoms with Gasteiger partial charge in [-0.25, -0.2) is 0 Å². The van der Waals surface area contributed by atoms with Crippen LogP contribution in [0, 0.1) is 0 Å². The molecule has 0 fully saturated rings. The van der Waals surface area contributed by atoms with Crippen molar-refractivity contribution in [3.05, 3.63) is 0 Å². The quantitative estimate of drug-likeness (QED) is 0.136. The Morgan fingerprint density at radius 1 is 0.719 bits per heavy atom. The van der Waals surface area contributed by atoms with Gasteiger partial charge in [0.25, 0.3) is 0 Å². The first-order valence-corrected chi connectivity index (χ1v) is 22.8. The van der Waals surface area contributed by atoms with E-state index in [1.165, 1.54) is 0 Å². The molecule has 4 N–H and O–H groups in total. The Morgan fingerprint density at radius 2 is 1.16 bits per heavy atom. The summed E-state index contributed by atoms with van der Waals surface area (Å²) < 4.78 is 30.8. The van der Waals surface area contributed by atoms with Gasteiger partial charge in [-0.05, 0) is 70.8 Å². The monoisotopic (exact) mass is 532 g/mol. The summed E-state index contributed by atoms with van der Waals surface area (Å²) in [6, 6.07) is 1.53. The van der Waals surface area contributed by atoms with Crippen LogP contribution in [0.1, 0.15) is 12.8 Å². The molecule has 0 aliphatic rings. The zero-order valence-electron chi connectivity index (χ0n) is 21.1. The number of ether oxygens (including phenoxy) is 2. The first-order valence-electron chi connectivity index (χ1n) is 11.6. The van der Waals surface area contributed by atoms with Crippen LogP contribution in [-0.4, -0.2) is 107 Å². The lowest BCUT2D eigenvalue weighted by atomic mass is 10.4. The number of hydrogen-bond acceptors (Lipinski definition) is 9. The predicted octanol–water partition coefficient (Wildman–Crippen LogP) is 1.52. The highest BCUT2D eigenvalue weighted by Crippen LogP contribution is 2.29. The molecule has 0 aromatic rings. The van der Waals surface area contributed by atoms with Gasteiger partial charge in [-0.2, -0.15) is 0 Å². The molecular weight excluding hydrogens is 485 g/mol. The van der Waals surface area contributed by atoms with Crippen molar-refractivity contribution in [1.29, 1.82) is 0 Å². The summed E-state index contributed by atoms with van der Waals surface area (Å²) in [5, 5.41) is 36.6. The molecule has 0 aromatic heterocycles. The minimum Gasteiger partial charge on any atom is -0.439 e.